The van der Waals surface area contributed by atoms with E-state index in [1.54, 1.807) is 6.08 Å². The van der Waals surface area contributed by atoms with Crippen molar-refractivity contribution in [3.63, 3.8) is 0 Å². The number of hydrogen-bond acceptors (Lipinski definition) is 2. The SMILES string of the molecule is C=CCOc1cccc(NC(=O)C2CCC2)c1. The summed E-state index contributed by atoms with van der Waals surface area (Å²) in [5.41, 5.74) is 0.795. The van der Waals surface area contributed by atoms with Crippen LogP contribution in [0.4, 0.5) is 5.69 Å². The van der Waals surface area contributed by atoms with Gasteiger partial charge in [0, 0.05) is 17.7 Å². The molecule has 1 aliphatic rings. The smallest absolute Gasteiger partial charge is 0.227 e. The Balaban J connectivity index is 1.95. The van der Waals surface area contributed by atoms with Crippen LogP contribution in [-0.4, -0.2) is 12.5 Å². The summed E-state index contributed by atoms with van der Waals surface area (Å²) in [5.74, 6) is 1.07. The molecule has 0 heterocycles. The third-order valence-electron chi connectivity index (χ3n) is 2.95. The number of rotatable bonds is 5. The third-order valence-corrected chi connectivity index (χ3v) is 2.95. The molecule has 0 atom stereocenters. The number of nitrogens with one attached hydrogen (secondary N) is 1. The van der Waals surface area contributed by atoms with Crippen LogP contribution in [0.5, 0.6) is 5.75 Å². The van der Waals surface area contributed by atoms with Crippen LogP contribution in [0, 0.1) is 5.92 Å². The molecule has 1 N–H and O–H groups in total. The van der Waals surface area contributed by atoms with Gasteiger partial charge in [0.25, 0.3) is 0 Å². The third kappa shape index (κ3) is 3.09. The molecule has 17 heavy (non-hydrogen) atoms. The van der Waals surface area contributed by atoms with Crippen molar-refractivity contribution in [1.82, 2.24) is 0 Å². The lowest BCUT2D eigenvalue weighted by atomic mass is 9.85. The van der Waals surface area contributed by atoms with Gasteiger partial charge < -0.3 is 10.1 Å². The molecule has 0 aliphatic heterocycles. The second-order valence-corrected chi connectivity index (χ2v) is 4.24. The van der Waals surface area contributed by atoms with Gasteiger partial charge in [-0.05, 0) is 25.0 Å². The van der Waals surface area contributed by atoms with Crippen molar-refractivity contribution in [2.24, 2.45) is 5.92 Å². The predicted octanol–water partition coefficient (Wildman–Crippen LogP) is 2.99. The Morgan fingerprint density at radius 2 is 2.35 bits per heavy atom. The number of benzene rings is 1. The highest BCUT2D eigenvalue weighted by atomic mass is 16.5. The zero-order valence-corrected chi connectivity index (χ0v) is 9.82. The highest BCUT2D eigenvalue weighted by Crippen LogP contribution is 2.28. The van der Waals surface area contributed by atoms with Crippen LogP contribution in [0.25, 0.3) is 0 Å². The highest BCUT2D eigenvalue weighted by molar-refractivity contribution is 5.93. The summed E-state index contributed by atoms with van der Waals surface area (Å²) in [5, 5.41) is 2.92. The quantitative estimate of drug-likeness (QED) is 0.791. The maximum absolute atomic E-state index is 11.8. The molecule has 0 unspecified atom stereocenters. The first-order chi connectivity index (χ1) is 8.29. The van der Waals surface area contributed by atoms with E-state index in [-0.39, 0.29) is 11.8 Å². The fraction of sp³-hybridized carbons (Fsp3) is 0.357. The largest absolute Gasteiger partial charge is 0.489 e. The minimum atomic E-state index is 0.122. The van der Waals surface area contributed by atoms with Crippen LogP contribution < -0.4 is 10.1 Å². The second kappa shape index (κ2) is 5.53. The molecule has 1 aromatic rings. The highest BCUT2D eigenvalue weighted by Gasteiger charge is 2.25. The van der Waals surface area contributed by atoms with E-state index in [9.17, 15) is 4.79 Å². The summed E-state index contributed by atoms with van der Waals surface area (Å²) in [4.78, 5) is 11.8. The van der Waals surface area contributed by atoms with Gasteiger partial charge in [0.05, 0.1) is 0 Å². The van der Waals surface area contributed by atoms with Crippen molar-refractivity contribution >= 4 is 11.6 Å². The number of hydrogen-bond donors (Lipinski definition) is 1. The molecule has 90 valence electrons. The lowest BCUT2D eigenvalue weighted by Crippen LogP contribution is -2.27. The molecule has 0 aromatic heterocycles. The summed E-state index contributed by atoms with van der Waals surface area (Å²) in [7, 11) is 0. The van der Waals surface area contributed by atoms with Crippen molar-refractivity contribution < 1.29 is 9.53 Å². The molecule has 0 bridgehead atoms. The minimum Gasteiger partial charge on any atom is -0.489 e. The minimum absolute atomic E-state index is 0.122. The molecule has 1 aliphatic carbocycles. The average molecular weight is 231 g/mol. The molecule has 0 spiro atoms. The van der Waals surface area contributed by atoms with Gasteiger partial charge in [-0.15, -0.1) is 0 Å². The van der Waals surface area contributed by atoms with E-state index in [4.69, 9.17) is 4.74 Å². The Hall–Kier alpha value is -1.77. The van der Waals surface area contributed by atoms with Gasteiger partial charge in [-0.2, -0.15) is 0 Å². The fourth-order valence-corrected chi connectivity index (χ4v) is 1.73. The topological polar surface area (TPSA) is 38.3 Å². The zero-order chi connectivity index (χ0) is 12.1. The maximum atomic E-state index is 11.8. The molecular weight excluding hydrogens is 214 g/mol. The van der Waals surface area contributed by atoms with Gasteiger partial charge >= 0.3 is 0 Å². The summed E-state index contributed by atoms with van der Waals surface area (Å²) in [6, 6.07) is 7.44. The van der Waals surface area contributed by atoms with Crippen molar-refractivity contribution in [2.45, 2.75) is 19.3 Å². The number of anilines is 1. The van der Waals surface area contributed by atoms with Crippen molar-refractivity contribution in [2.75, 3.05) is 11.9 Å². The molecule has 0 saturated heterocycles. The average Bonchev–Trinajstić information content (AvgIpc) is 2.24. The Kier molecular flexibility index (Phi) is 3.81. The molecular formula is C14H17NO2. The van der Waals surface area contributed by atoms with Crippen LogP contribution in [0.2, 0.25) is 0 Å². The van der Waals surface area contributed by atoms with E-state index >= 15 is 0 Å². The fourth-order valence-electron chi connectivity index (χ4n) is 1.73. The van der Waals surface area contributed by atoms with E-state index in [0.717, 1.165) is 24.3 Å². The van der Waals surface area contributed by atoms with Gasteiger partial charge in [-0.25, -0.2) is 0 Å². The lowest BCUT2D eigenvalue weighted by molar-refractivity contribution is -0.122. The molecule has 0 radical (unpaired) electrons. The molecule has 1 aromatic carbocycles. The van der Waals surface area contributed by atoms with Gasteiger partial charge in [-0.1, -0.05) is 25.1 Å². The van der Waals surface area contributed by atoms with Crippen LogP contribution >= 0.6 is 0 Å². The van der Waals surface area contributed by atoms with Gasteiger partial charge in [0.2, 0.25) is 5.91 Å². The summed E-state index contributed by atoms with van der Waals surface area (Å²) < 4.78 is 5.41. The van der Waals surface area contributed by atoms with Crippen molar-refractivity contribution in [3.8, 4) is 5.75 Å². The number of carbonyl (C=O) groups is 1. The summed E-state index contributed by atoms with van der Waals surface area (Å²) in [6.45, 7) is 4.07. The normalized spacial score (nSPS) is 14.8. The van der Waals surface area contributed by atoms with Gasteiger partial charge in [0.15, 0.2) is 0 Å². The first-order valence-electron chi connectivity index (χ1n) is 5.94. The number of amides is 1. The maximum Gasteiger partial charge on any atom is 0.227 e. The standard InChI is InChI=1S/C14H17NO2/c1-2-9-17-13-8-4-7-12(10-13)15-14(16)11-5-3-6-11/h2,4,7-8,10-11H,1,3,5-6,9H2,(H,15,16). The monoisotopic (exact) mass is 231 g/mol. The predicted molar refractivity (Wildman–Crippen MR) is 68.1 cm³/mol. The Morgan fingerprint density at radius 1 is 1.53 bits per heavy atom. The molecule has 2 rings (SSSR count). The molecule has 3 heteroatoms. The molecule has 1 amide bonds. The van der Waals surface area contributed by atoms with Gasteiger partial charge in [-0.3, -0.25) is 4.79 Å². The first kappa shape index (κ1) is 11.7. The van der Waals surface area contributed by atoms with Crippen LogP contribution in [-0.2, 0) is 4.79 Å². The van der Waals surface area contributed by atoms with E-state index in [1.165, 1.54) is 6.42 Å². The Bertz CT molecular complexity index is 410. The van der Waals surface area contributed by atoms with E-state index in [2.05, 4.69) is 11.9 Å². The second-order valence-electron chi connectivity index (χ2n) is 4.24. The lowest BCUT2D eigenvalue weighted by Gasteiger charge is -2.24. The van der Waals surface area contributed by atoms with Crippen molar-refractivity contribution in [3.05, 3.63) is 36.9 Å². The summed E-state index contributed by atoms with van der Waals surface area (Å²) >= 11 is 0. The summed E-state index contributed by atoms with van der Waals surface area (Å²) in [6.07, 6.45) is 4.89. The molecule has 1 saturated carbocycles. The van der Waals surface area contributed by atoms with Gasteiger partial charge in [0.1, 0.15) is 12.4 Å². The van der Waals surface area contributed by atoms with Crippen LogP contribution in [0.15, 0.2) is 36.9 Å². The first-order valence-corrected chi connectivity index (χ1v) is 5.94. The van der Waals surface area contributed by atoms with E-state index < -0.39 is 0 Å². The molecule has 3 nitrogen and oxygen atoms in total. The van der Waals surface area contributed by atoms with Crippen LogP contribution in [0.1, 0.15) is 19.3 Å². The van der Waals surface area contributed by atoms with E-state index in [0.29, 0.717) is 6.61 Å². The Labute approximate surface area is 101 Å². The Morgan fingerprint density at radius 3 is 3.00 bits per heavy atom. The molecule has 1 fully saturated rings. The number of ether oxygens (including phenoxy) is 1. The van der Waals surface area contributed by atoms with E-state index in [1.807, 2.05) is 24.3 Å². The van der Waals surface area contributed by atoms with Crippen molar-refractivity contribution in [1.29, 1.82) is 0 Å². The number of carbonyl (C=O) groups excluding carboxylic acids is 1. The zero-order valence-electron chi connectivity index (χ0n) is 9.82. The van der Waals surface area contributed by atoms with Crippen LogP contribution in [0.3, 0.4) is 0 Å².